The van der Waals surface area contributed by atoms with Crippen LogP contribution in [-0.2, 0) is 0 Å². The molecule has 0 amide bonds. The average molecular weight is 95.1 g/mol. The van der Waals surface area contributed by atoms with Gasteiger partial charge in [-0.25, -0.2) is 0 Å². The van der Waals surface area contributed by atoms with Gasteiger partial charge < -0.3 is 0 Å². The van der Waals surface area contributed by atoms with Gasteiger partial charge in [-0.1, -0.05) is 0 Å². The fraction of sp³-hybridized carbons (Fsp3) is 0.600. The van der Waals surface area contributed by atoms with Crippen molar-refractivity contribution in [3.05, 3.63) is 0 Å². The minimum Gasteiger partial charge on any atom is -0.162 e. The van der Waals surface area contributed by atoms with Crippen LogP contribution in [0.15, 0.2) is 10.2 Å². The molecule has 7 heavy (non-hydrogen) atoms. The van der Waals surface area contributed by atoms with E-state index in [9.17, 15) is 0 Å². The third-order valence-corrected chi connectivity index (χ3v) is 0.776. The minimum atomic E-state index is -0.0139. The summed E-state index contributed by atoms with van der Waals surface area (Å²) in [6, 6.07) is 0. The van der Waals surface area contributed by atoms with Gasteiger partial charge in [-0.05, 0) is 13.8 Å². The van der Waals surface area contributed by atoms with E-state index in [2.05, 4.69) is 16.4 Å². The van der Waals surface area contributed by atoms with Crippen molar-refractivity contribution in [3.8, 4) is 0 Å². The zero-order chi connectivity index (χ0) is 5.33. The van der Waals surface area contributed by atoms with E-state index in [0.29, 0.717) is 0 Å². The second kappa shape index (κ2) is 1.15. The quantitative estimate of drug-likeness (QED) is 0.428. The first kappa shape index (κ1) is 4.50. The highest BCUT2D eigenvalue weighted by Gasteiger charge is 2.15. The van der Waals surface area contributed by atoms with Crippen molar-refractivity contribution in [2.24, 2.45) is 15.6 Å². The molecule has 0 saturated carbocycles. The highest BCUT2D eigenvalue weighted by atomic mass is 15.2. The van der Waals surface area contributed by atoms with Crippen molar-refractivity contribution in [1.29, 1.82) is 0 Å². The van der Waals surface area contributed by atoms with Gasteiger partial charge in [0.1, 0.15) is 0 Å². The van der Waals surface area contributed by atoms with E-state index in [0.717, 1.165) is 0 Å². The lowest BCUT2D eigenvalue weighted by Crippen LogP contribution is -2.09. The molecule has 0 bridgehead atoms. The summed E-state index contributed by atoms with van der Waals surface area (Å²) in [6.45, 7) is 4.01. The summed E-state index contributed by atoms with van der Waals surface area (Å²) in [4.78, 5) is 0. The third kappa shape index (κ3) is 0.856. The summed E-state index contributed by atoms with van der Waals surface area (Å²) in [6.07, 6.45) is 4.57. The number of nitrogens with zero attached hydrogens (tertiary/aromatic N) is 2. The Hall–Kier alpha value is -0.660. The van der Waals surface area contributed by atoms with Crippen LogP contribution in [-0.4, -0.2) is 12.4 Å². The molecule has 0 aromatic heterocycles. The molecule has 0 unspecified atom stereocenters. The summed E-state index contributed by atoms with van der Waals surface area (Å²) in [5, 5.41) is 7.18. The molecule has 0 atom stereocenters. The molecular weight excluding hydrogens is 88.1 g/mol. The molecule has 1 aliphatic rings. The summed E-state index contributed by atoms with van der Waals surface area (Å²) in [5.41, 5.74) is -0.0139. The van der Waals surface area contributed by atoms with Crippen LogP contribution in [0.2, 0.25) is 0 Å². The SMILES string of the molecule is CC1(C)[C]=NN=C1. The molecule has 0 spiro atoms. The predicted molar refractivity (Wildman–Crippen MR) is 29.7 cm³/mol. The fourth-order valence-electron chi connectivity index (χ4n) is 0.360. The van der Waals surface area contributed by atoms with Crippen LogP contribution < -0.4 is 0 Å². The molecule has 2 heteroatoms. The van der Waals surface area contributed by atoms with Crippen LogP contribution >= 0.6 is 0 Å². The normalized spacial score (nSPS) is 23.7. The molecule has 2 nitrogen and oxygen atoms in total. The van der Waals surface area contributed by atoms with Gasteiger partial charge in [0.25, 0.3) is 0 Å². The van der Waals surface area contributed by atoms with E-state index >= 15 is 0 Å². The molecule has 0 aromatic rings. The molecule has 0 aromatic carbocycles. The number of hydrogen-bond donors (Lipinski definition) is 0. The van der Waals surface area contributed by atoms with Gasteiger partial charge in [0.05, 0.1) is 6.21 Å². The average Bonchev–Trinajstić information content (AvgIpc) is 1.84. The lowest BCUT2D eigenvalue weighted by atomic mass is 9.99. The second-order valence-electron chi connectivity index (χ2n) is 2.18. The summed E-state index contributed by atoms with van der Waals surface area (Å²) >= 11 is 0. The molecule has 1 aliphatic heterocycles. The van der Waals surface area contributed by atoms with E-state index in [-0.39, 0.29) is 5.41 Å². The lowest BCUT2D eigenvalue weighted by molar-refractivity contribution is 0.779. The van der Waals surface area contributed by atoms with Gasteiger partial charge in [0.15, 0.2) is 0 Å². The minimum absolute atomic E-state index is 0.0139. The van der Waals surface area contributed by atoms with E-state index in [1.807, 2.05) is 13.8 Å². The molecular formula is C5H7N2. The monoisotopic (exact) mass is 95.1 g/mol. The molecule has 0 aliphatic carbocycles. The van der Waals surface area contributed by atoms with Crippen LogP contribution in [0.1, 0.15) is 13.8 Å². The van der Waals surface area contributed by atoms with Crippen LogP contribution in [0, 0.1) is 5.41 Å². The van der Waals surface area contributed by atoms with Crippen LogP contribution in [0.25, 0.3) is 0 Å². The molecule has 0 saturated heterocycles. The van der Waals surface area contributed by atoms with Crippen molar-refractivity contribution < 1.29 is 0 Å². The largest absolute Gasteiger partial charge is 0.162 e. The second-order valence-corrected chi connectivity index (χ2v) is 2.18. The molecule has 37 valence electrons. The van der Waals surface area contributed by atoms with Gasteiger partial charge in [0.2, 0.25) is 0 Å². The fourth-order valence-corrected chi connectivity index (χ4v) is 0.360. The van der Waals surface area contributed by atoms with Crippen molar-refractivity contribution >= 4 is 12.4 Å². The van der Waals surface area contributed by atoms with Gasteiger partial charge in [-0.2, -0.15) is 10.2 Å². The first-order chi connectivity index (χ1) is 3.21. The molecule has 0 N–H and O–H groups in total. The van der Waals surface area contributed by atoms with E-state index in [1.165, 1.54) is 0 Å². The Kier molecular flexibility index (Phi) is 0.741. The number of hydrogen-bond acceptors (Lipinski definition) is 2. The molecule has 1 radical (unpaired) electrons. The summed E-state index contributed by atoms with van der Waals surface area (Å²) in [7, 11) is 0. The third-order valence-electron chi connectivity index (χ3n) is 0.776. The topological polar surface area (TPSA) is 24.7 Å². The van der Waals surface area contributed by atoms with Gasteiger partial charge in [-0.3, -0.25) is 0 Å². The van der Waals surface area contributed by atoms with Crippen molar-refractivity contribution in [2.45, 2.75) is 13.8 Å². The van der Waals surface area contributed by atoms with Crippen molar-refractivity contribution in [1.82, 2.24) is 0 Å². The first-order valence-corrected chi connectivity index (χ1v) is 2.22. The Bertz CT molecular complexity index is 108. The van der Waals surface area contributed by atoms with Crippen LogP contribution in [0.5, 0.6) is 0 Å². The Balaban J connectivity index is 2.77. The maximum Gasteiger partial charge on any atom is 0.0983 e. The van der Waals surface area contributed by atoms with Crippen LogP contribution in [0.4, 0.5) is 0 Å². The van der Waals surface area contributed by atoms with Gasteiger partial charge >= 0.3 is 0 Å². The molecule has 1 heterocycles. The smallest absolute Gasteiger partial charge is 0.0983 e. The zero-order valence-corrected chi connectivity index (χ0v) is 4.47. The zero-order valence-electron chi connectivity index (χ0n) is 4.47. The highest BCUT2D eigenvalue weighted by molar-refractivity contribution is 5.91. The standard InChI is InChI=1S/C5H7N2/c1-5(2)3-6-7-4-5/h3H,1-2H3. The van der Waals surface area contributed by atoms with E-state index < -0.39 is 0 Å². The molecule has 0 fully saturated rings. The molecule has 1 rings (SSSR count). The van der Waals surface area contributed by atoms with Crippen molar-refractivity contribution in [2.75, 3.05) is 0 Å². The van der Waals surface area contributed by atoms with Gasteiger partial charge in [-0.15, -0.1) is 0 Å². The Labute approximate surface area is 43.0 Å². The Morgan fingerprint density at radius 3 is 2.43 bits per heavy atom. The van der Waals surface area contributed by atoms with Crippen molar-refractivity contribution in [3.63, 3.8) is 0 Å². The highest BCUT2D eigenvalue weighted by Crippen LogP contribution is 2.11. The Morgan fingerprint density at radius 1 is 1.57 bits per heavy atom. The maximum atomic E-state index is 3.62. The van der Waals surface area contributed by atoms with Gasteiger partial charge in [0, 0.05) is 11.6 Å². The van der Waals surface area contributed by atoms with E-state index in [4.69, 9.17) is 0 Å². The number of rotatable bonds is 0. The lowest BCUT2D eigenvalue weighted by Gasteiger charge is -2.01. The Morgan fingerprint density at radius 2 is 2.29 bits per heavy atom. The van der Waals surface area contributed by atoms with Crippen LogP contribution in [0.3, 0.4) is 0 Å². The maximum absolute atomic E-state index is 3.62. The summed E-state index contributed by atoms with van der Waals surface area (Å²) in [5.74, 6) is 0. The van der Waals surface area contributed by atoms with E-state index in [1.54, 1.807) is 6.21 Å². The summed E-state index contributed by atoms with van der Waals surface area (Å²) < 4.78 is 0. The first-order valence-electron chi connectivity index (χ1n) is 2.22. The predicted octanol–water partition coefficient (Wildman–Crippen LogP) is 0.960.